The average Bonchev–Trinajstić information content (AvgIpc) is 2.29. The van der Waals surface area contributed by atoms with Gasteiger partial charge in [0, 0.05) is 6.92 Å². The number of hydrogen-bond donors (Lipinski definition) is 5. The van der Waals surface area contributed by atoms with E-state index in [9.17, 15) is 14.7 Å². The lowest BCUT2D eigenvalue weighted by molar-refractivity contribution is -0.142. The maximum absolute atomic E-state index is 11.0. The number of nitrogens with one attached hydrogen (secondary N) is 1. The number of aliphatic hydroxyl groups excluding tert-OH is 2. The summed E-state index contributed by atoms with van der Waals surface area (Å²) in [6, 6.07) is -1.65. The Morgan fingerprint density at radius 1 is 1.61 bits per heavy atom. The van der Waals surface area contributed by atoms with Crippen molar-refractivity contribution in [3.05, 3.63) is 11.8 Å². The van der Waals surface area contributed by atoms with Gasteiger partial charge in [0.05, 0.1) is 18.7 Å². The predicted molar refractivity (Wildman–Crippen MR) is 59.3 cm³/mol. The standard InChI is InChI=1S/C10H16N2O6/c1-4(14)12-8-5(11)2-7(10(16)17)18-9(8)6(15)3-13/h2,5-6,8-9,13,15H,3,11H2,1H3,(H,12,14)(H,16,17)/t5-,6+,8+,9-/m0/s1. The third-order valence-corrected chi connectivity index (χ3v) is 2.52. The molecule has 18 heavy (non-hydrogen) atoms. The van der Waals surface area contributed by atoms with Crippen LogP contribution in [0.1, 0.15) is 6.92 Å². The van der Waals surface area contributed by atoms with Gasteiger partial charge in [-0.25, -0.2) is 4.79 Å². The molecule has 0 unspecified atom stereocenters. The average molecular weight is 260 g/mol. The summed E-state index contributed by atoms with van der Waals surface area (Å²) in [6.07, 6.45) is -1.33. The smallest absolute Gasteiger partial charge is 0.370 e. The molecule has 0 aromatic rings. The van der Waals surface area contributed by atoms with Crippen LogP contribution in [0.4, 0.5) is 0 Å². The zero-order valence-corrected chi connectivity index (χ0v) is 9.74. The fourth-order valence-corrected chi connectivity index (χ4v) is 1.71. The minimum absolute atomic E-state index is 0.402. The molecule has 0 radical (unpaired) electrons. The fourth-order valence-electron chi connectivity index (χ4n) is 1.71. The van der Waals surface area contributed by atoms with Crippen LogP contribution in [0.5, 0.6) is 0 Å². The molecule has 1 aliphatic heterocycles. The molecule has 0 aliphatic carbocycles. The molecule has 8 nitrogen and oxygen atoms in total. The monoisotopic (exact) mass is 260 g/mol. The summed E-state index contributed by atoms with van der Waals surface area (Å²) < 4.78 is 5.04. The Bertz CT molecular complexity index is 369. The topological polar surface area (TPSA) is 142 Å². The molecule has 0 fully saturated rings. The summed E-state index contributed by atoms with van der Waals surface area (Å²) in [7, 11) is 0. The quantitative estimate of drug-likeness (QED) is 0.377. The van der Waals surface area contributed by atoms with E-state index in [1.54, 1.807) is 0 Å². The highest BCUT2D eigenvalue weighted by Gasteiger charge is 2.39. The third-order valence-electron chi connectivity index (χ3n) is 2.52. The van der Waals surface area contributed by atoms with Gasteiger partial charge in [-0.3, -0.25) is 4.79 Å². The van der Waals surface area contributed by atoms with Gasteiger partial charge in [-0.2, -0.15) is 0 Å². The molecule has 1 aliphatic rings. The van der Waals surface area contributed by atoms with E-state index in [-0.39, 0.29) is 0 Å². The number of rotatable bonds is 4. The first-order chi connectivity index (χ1) is 8.36. The van der Waals surface area contributed by atoms with E-state index in [2.05, 4.69) is 5.32 Å². The van der Waals surface area contributed by atoms with Gasteiger partial charge in [0.25, 0.3) is 0 Å². The van der Waals surface area contributed by atoms with Gasteiger partial charge in [-0.05, 0) is 6.08 Å². The van der Waals surface area contributed by atoms with Crippen LogP contribution in [-0.4, -0.2) is 58.1 Å². The van der Waals surface area contributed by atoms with Gasteiger partial charge in [0.15, 0.2) is 0 Å². The van der Waals surface area contributed by atoms with Crippen LogP contribution in [-0.2, 0) is 14.3 Å². The van der Waals surface area contributed by atoms with Crippen LogP contribution in [0.3, 0.4) is 0 Å². The highest BCUT2D eigenvalue weighted by Crippen LogP contribution is 2.20. The first-order valence-electron chi connectivity index (χ1n) is 5.30. The Balaban J connectivity index is 2.98. The molecule has 0 saturated carbocycles. The number of aliphatic hydroxyl groups is 2. The zero-order chi connectivity index (χ0) is 13.9. The molecule has 0 saturated heterocycles. The Labute approximate surface area is 103 Å². The van der Waals surface area contributed by atoms with Crippen molar-refractivity contribution in [2.24, 2.45) is 5.73 Å². The first kappa shape index (κ1) is 14.4. The summed E-state index contributed by atoms with van der Waals surface area (Å²) in [5.74, 6) is -2.15. The molecule has 8 heteroatoms. The molecule has 1 amide bonds. The molecule has 0 aromatic heterocycles. The molecule has 6 N–H and O–H groups in total. The first-order valence-corrected chi connectivity index (χ1v) is 5.30. The molecule has 4 atom stereocenters. The van der Waals surface area contributed by atoms with Crippen LogP contribution in [0.2, 0.25) is 0 Å². The second-order valence-corrected chi connectivity index (χ2v) is 3.97. The lowest BCUT2D eigenvalue weighted by atomic mass is 9.95. The van der Waals surface area contributed by atoms with Crippen LogP contribution in [0, 0.1) is 0 Å². The molecule has 1 rings (SSSR count). The van der Waals surface area contributed by atoms with Gasteiger partial charge < -0.3 is 31.1 Å². The van der Waals surface area contributed by atoms with E-state index >= 15 is 0 Å². The second kappa shape index (κ2) is 5.80. The van der Waals surface area contributed by atoms with Crippen molar-refractivity contribution in [3.63, 3.8) is 0 Å². The highest BCUT2D eigenvalue weighted by atomic mass is 16.5. The largest absolute Gasteiger partial charge is 0.478 e. The van der Waals surface area contributed by atoms with Gasteiger partial charge in [0.1, 0.15) is 12.2 Å². The van der Waals surface area contributed by atoms with Crippen LogP contribution < -0.4 is 11.1 Å². The Hall–Kier alpha value is -1.64. The molecule has 0 spiro atoms. The van der Waals surface area contributed by atoms with E-state index < -0.39 is 48.5 Å². The fraction of sp³-hybridized carbons (Fsp3) is 0.600. The highest BCUT2D eigenvalue weighted by molar-refractivity contribution is 5.84. The number of carbonyl (C=O) groups is 2. The summed E-state index contributed by atoms with van der Waals surface area (Å²) in [4.78, 5) is 21.8. The Morgan fingerprint density at radius 2 is 2.22 bits per heavy atom. The van der Waals surface area contributed by atoms with Crippen LogP contribution >= 0.6 is 0 Å². The Kier molecular flexibility index (Phi) is 4.65. The van der Waals surface area contributed by atoms with E-state index in [0.717, 1.165) is 6.08 Å². The van der Waals surface area contributed by atoms with E-state index in [1.807, 2.05) is 0 Å². The maximum Gasteiger partial charge on any atom is 0.370 e. The van der Waals surface area contributed by atoms with Crippen molar-refractivity contribution in [2.75, 3.05) is 6.61 Å². The predicted octanol–water partition coefficient (Wildman–Crippen LogP) is -2.46. The van der Waals surface area contributed by atoms with Crippen LogP contribution in [0.15, 0.2) is 11.8 Å². The molecule has 1 heterocycles. The Morgan fingerprint density at radius 3 is 2.67 bits per heavy atom. The lowest BCUT2D eigenvalue weighted by Gasteiger charge is -2.37. The van der Waals surface area contributed by atoms with Gasteiger partial charge >= 0.3 is 5.97 Å². The SMILES string of the molecule is CC(=O)N[C@H]1[C@H]([C@H](O)CO)OC(C(=O)O)=C[C@@H]1N. The van der Waals surface area contributed by atoms with Crippen molar-refractivity contribution in [1.82, 2.24) is 5.32 Å². The maximum atomic E-state index is 11.0. The van der Waals surface area contributed by atoms with E-state index in [1.165, 1.54) is 6.92 Å². The number of ether oxygens (including phenoxy) is 1. The second-order valence-electron chi connectivity index (χ2n) is 3.97. The molecule has 0 bridgehead atoms. The van der Waals surface area contributed by atoms with E-state index in [0.29, 0.717) is 0 Å². The minimum atomic E-state index is -1.35. The van der Waals surface area contributed by atoms with Crippen LogP contribution in [0.25, 0.3) is 0 Å². The number of aliphatic carboxylic acids is 1. The number of carbonyl (C=O) groups excluding carboxylic acids is 1. The molecular formula is C10H16N2O6. The van der Waals surface area contributed by atoms with Crippen molar-refractivity contribution < 1.29 is 29.6 Å². The van der Waals surface area contributed by atoms with Crippen molar-refractivity contribution in [1.29, 1.82) is 0 Å². The summed E-state index contributed by atoms with van der Waals surface area (Å²) in [5.41, 5.74) is 5.71. The number of amides is 1. The molecule has 0 aromatic carbocycles. The minimum Gasteiger partial charge on any atom is -0.478 e. The van der Waals surface area contributed by atoms with Crippen molar-refractivity contribution >= 4 is 11.9 Å². The van der Waals surface area contributed by atoms with E-state index in [4.69, 9.17) is 20.7 Å². The lowest BCUT2D eigenvalue weighted by Crippen LogP contribution is -2.60. The van der Waals surface area contributed by atoms with Gasteiger partial charge in [-0.15, -0.1) is 0 Å². The summed E-state index contributed by atoms with van der Waals surface area (Å²) >= 11 is 0. The number of hydrogen-bond acceptors (Lipinski definition) is 6. The van der Waals surface area contributed by atoms with Gasteiger partial charge in [0.2, 0.25) is 11.7 Å². The normalized spacial score (nSPS) is 28.9. The number of carboxylic acids is 1. The number of carboxylic acid groups (broad SMARTS) is 1. The summed E-state index contributed by atoms with van der Waals surface area (Å²) in [6.45, 7) is 0.617. The molecule has 102 valence electrons. The third kappa shape index (κ3) is 3.19. The van der Waals surface area contributed by atoms with Crippen molar-refractivity contribution in [2.45, 2.75) is 31.2 Å². The summed E-state index contributed by atoms with van der Waals surface area (Å²) in [5, 5.41) is 29.8. The van der Waals surface area contributed by atoms with Gasteiger partial charge in [-0.1, -0.05) is 0 Å². The van der Waals surface area contributed by atoms with Crippen molar-refractivity contribution in [3.8, 4) is 0 Å². The number of nitrogens with two attached hydrogens (primary N) is 1. The zero-order valence-electron chi connectivity index (χ0n) is 9.74. The molecular weight excluding hydrogens is 244 g/mol.